The molecule has 5 aliphatic rings. The number of fused-ring (bicyclic) bond motifs is 5. The van der Waals surface area contributed by atoms with Crippen LogP contribution in [0.3, 0.4) is 0 Å². The molecule has 0 bridgehead atoms. The zero-order valence-corrected chi connectivity index (χ0v) is 21.6. The molecule has 0 aromatic heterocycles. The van der Waals surface area contributed by atoms with Crippen LogP contribution in [0.4, 0.5) is 0 Å². The lowest BCUT2D eigenvalue weighted by Crippen LogP contribution is -2.67. The molecule has 6 nitrogen and oxygen atoms in total. The van der Waals surface area contributed by atoms with Crippen LogP contribution >= 0.6 is 0 Å². The monoisotopic (exact) mass is 498 g/mol. The summed E-state index contributed by atoms with van der Waals surface area (Å²) in [5.41, 5.74) is -0.885. The molecule has 6 rings (SSSR count). The fourth-order valence-electron chi connectivity index (χ4n) is 10.0. The number of para-hydroxylation sites is 1. The third-order valence-electron chi connectivity index (χ3n) is 12.1. The van der Waals surface area contributed by atoms with Crippen molar-refractivity contribution < 1.29 is 30.0 Å². The van der Waals surface area contributed by atoms with Crippen LogP contribution in [0.25, 0.3) is 0 Å². The molecule has 1 aromatic rings. The van der Waals surface area contributed by atoms with Crippen molar-refractivity contribution in [1.82, 2.24) is 0 Å². The molecule has 1 heterocycles. The molecule has 1 aliphatic heterocycles. The normalized spacial score (nSPS) is 50.2. The first kappa shape index (κ1) is 24.7. The number of aromatic hydroxyl groups is 1. The minimum atomic E-state index is -0.977. The molecule has 198 valence electrons. The number of phenolic OH excluding ortho intramolecular Hbond substituents is 1. The van der Waals surface area contributed by atoms with Crippen molar-refractivity contribution in [3.63, 3.8) is 0 Å². The predicted octanol–water partition coefficient (Wildman–Crippen LogP) is 3.97. The number of ether oxygens (including phenoxy) is 1. The third-order valence-corrected chi connectivity index (χ3v) is 12.1. The van der Waals surface area contributed by atoms with E-state index in [-0.39, 0.29) is 53.0 Å². The molecule has 2 unspecified atom stereocenters. The Balaban J connectivity index is 1.31. The first-order valence-corrected chi connectivity index (χ1v) is 14.1. The Morgan fingerprint density at radius 2 is 1.75 bits per heavy atom. The number of hydrogen-bond donors (Lipinski definition) is 4. The van der Waals surface area contributed by atoms with Crippen molar-refractivity contribution in [2.45, 2.75) is 102 Å². The molecule has 5 fully saturated rings. The van der Waals surface area contributed by atoms with Gasteiger partial charge in [0.2, 0.25) is 0 Å². The number of cyclic esters (lactones) is 1. The van der Waals surface area contributed by atoms with Crippen LogP contribution in [0.15, 0.2) is 24.3 Å². The van der Waals surface area contributed by atoms with E-state index in [9.17, 15) is 25.2 Å². The van der Waals surface area contributed by atoms with Crippen LogP contribution in [0.5, 0.6) is 5.75 Å². The Hall–Kier alpha value is -1.63. The van der Waals surface area contributed by atoms with Gasteiger partial charge in [-0.2, -0.15) is 0 Å². The summed E-state index contributed by atoms with van der Waals surface area (Å²) in [6, 6.07) is 7.18. The van der Waals surface area contributed by atoms with Gasteiger partial charge >= 0.3 is 5.97 Å². The van der Waals surface area contributed by atoms with Gasteiger partial charge in [-0.25, -0.2) is 0 Å². The molecule has 0 spiro atoms. The molecule has 0 radical (unpaired) electrons. The van der Waals surface area contributed by atoms with E-state index in [1.54, 1.807) is 12.1 Å². The third kappa shape index (κ3) is 3.36. The molecule has 0 amide bonds. The highest BCUT2D eigenvalue weighted by Crippen LogP contribution is 2.70. The van der Waals surface area contributed by atoms with Gasteiger partial charge in [0.15, 0.2) is 0 Å². The van der Waals surface area contributed by atoms with Gasteiger partial charge in [0.05, 0.1) is 24.2 Å². The average Bonchev–Trinajstić information content (AvgIpc) is 3.33. The number of hydrogen-bond acceptors (Lipinski definition) is 6. The van der Waals surface area contributed by atoms with Crippen molar-refractivity contribution in [1.29, 1.82) is 0 Å². The highest BCUT2D eigenvalue weighted by Gasteiger charge is 2.71. The fraction of sp³-hybridized carbons (Fsp3) is 0.767. The number of aliphatic hydroxyl groups is 3. The molecule has 1 aromatic carbocycles. The second kappa shape index (κ2) is 8.44. The predicted molar refractivity (Wildman–Crippen MR) is 134 cm³/mol. The van der Waals surface area contributed by atoms with Crippen molar-refractivity contribution >= 4 is 5.97 Å². The molecule has 4 saturated carbocycles. The van der Waals surface area contributed by atoms with E-state index in [4.69, 9.17) is 4.74 Å². The largest absolute Gasteiger partial charge is 0.508 e. The summed E-state index contributed by atoms with van der Waals surface area (Å²) in [7, 11) is 0. The highest BCUT2D eigenvalue weighted by molar-refractivity contribution is 5.72. The van der Waals surface area contributed by atoms with E-state index >= 15 is 0 Å². The summed E-state index contributed by atoms with van der Waals surface area (Å²) in [6.45, 7) is 4.42. The number of carbonyl (C=O) groups excluding carboxylic acids is 1. The van der Waals surface area contributed by atoms with Gasteiger partial charge in [-0.15, -0.1) is 0 Å². The lowest BCUT2D eigenvalue weighted by molar-refractivity contribution is -0.251. The van der Waals surface area contributed by atoms with E-state index in [0.29, 0.717) is 31.6 Å². The first-order chi connectivity index (χ1) is 17.1. The molecular weight excluding hydrogens is 456 g/mol. The molecule has 1 saturated heterocycles. The quantitative estimate of drug-likeness (QED) is 0.470. The topological polar surface area (TPSA) is 107 Å². The first-order valence-electron chi connectivity index (χ1n) is 14.1. The molecule has 36 heavy (non-hydrogen) atoms. The van der Waals surface area contributed by atoms with Crippen molar-refractivity contribution in [2.24, 2.45) is 40.4 Å². The van der Waals surface area contributed by atoms with Crippen LogP contribution in [0.2, 0.25) is 0 Å². The summed E-state index contributed by atoms with van der Waals surface area (Å²) in [5.74, 6) is 0.672. The summed E-state index contributed by atoms with van der Waals surface area (Å²) in [6.07, 6.45) is 6.14. The van der Waals surface area contributed by atoms with E-state index in [0.717, 1.165) is 44.1 Å². The van der Waals surface area contributed by atoms with Crippen LogP contribution in [-0.2, 0) is 16.0 Å². The van der Waals surface area contributed by atoms with Crippen LogP contribution in [0.1, 0.15) is 77.2 Å². The van der Waals surface area contributed by atoms with Crippen LogP contribution in [-0.4, -0.2) is 50.3 Å². The minimum absolute atomic E-state index is 0.0283. The number of benzene rings is 1. The maximum Gasteiger partial charge on any atom is 0.306 e. The lowest BCUT2D eigenvalue weighted by atomic mass is 9.42. The minimum Gasteiger partial charge on any atom is -0.508 e. The Morgan fingerprint density at radius 1 is 0.972 bits per heavy atom. The lowest BCUT2D eigenvalue weighted by Gasteiger charge is -2.65. The van der Waals surface area contributed by atoms with Gasteiger partial charge in [0.25, 0.3) is 0 Å². The van der Waals surface area contributed by atoms with E-state index in [1.807, 2.05) is 12.1 Å². The van der Waals surface area contributed by atoms with Crippen molar-refractivity contribution in [2.75, 3.05) is 0 Å². The molecule has 11 atom stereocenters. The average molecular weight is 499 g/mol. The zero-order valence-electron chi connectivity index (χ0n) is 21.6. The Bertz CT molecular complexity index is 1030. The number of phenols is 1. The molecule has 6 heteroatoms. The van der Waals surface area contributed by atoms with Crippen molar-refractivity contribution in [3.05, 3.63) is 29.8 Å². The summed E-state index contributed by atoms with van der Waals surface area (Å²) < 4.78 is 5.80. The van der Waals surface area contributed by atoms with E-state index in [1.165, 1.54) is 0 Å². The summed E-state index contributed by atoms with van der Waals surface area (Å²) >= 11 is 0. The molecular formula is C30H42O6. The summed E-state index contributed by atoms with van der Waals surface area (Å²) in [4.78, 5) is 12.5. The number of esters is 1. The van der Waals surface area contributed by atoms with Crippen LogP contribution < -0.4 is 0 Å². The summed E-state index contributed by atoms with van der Waals surface area (Å²) in [5, 5.41) is 45.0. The van der Waals surface area contributed by atoms with E-state index < -0.39 is 17.1 Å². The zero-order chi connectivity index (χ0) is 25.5. The van der Waals surface area contributed by atoms with Gasteiger partial charge < -0.3 is 25.2 Å². The Morgan fingerprint density at radius 3 is 2.53 bits per heavy atom. The number of aliphatic hydroxyl groups excluding tert-OH is 2. The molecule has 4 aliphatic carbocycles. The molecule has 4 N–H and O–H groups in total. The van der Waals surface area contributed by atoms with Crippen LogP contribution in [0, 0.1) is 40.4 Å². The van der Waals surface area contributed by atoms with Gasteiger partial charge in [-0.05, 0) is 92.1 Å². The highest BCUT2D eigenvalue weighted by atomic mass is 16.5. The van der Waals surface area contributed by atoms with Gasteiger partial charge in [0.1, 0.15) is 11.9 Å². The maximum atomic E-state index is 12.5. The number of rotatable bonds is 3. The van der Waals surface area contributed by atoms with Gasteiger partial charge in [-0.3, -0.25) is 4.79 Å². The second-order valence-corrected chi connectivity index (χ2v) is 13.3. The van der Waals surface area contributed by atoms with E-state index in [2.05, 4.69) is 13.8 Å². The second-order valence-electron chi connectivity index (χ2n) is 13.3. The SMILES string of the molecule is C[C@]12CC[C@H](O)C[C@H]1CC[C@@H]1[C@@H]2C[C@@H](O)[C@]2(C)[C@@H](C3CC(=O)OC3Cc3ccccc3O)CC[C@]12O. The fourth-order valence-corrected chi connectivity index (χ4v) is 10.0. The maximum absolute atomic E-state index is 12.5. The number of carbonyl (C=O) groups is 1. The van der Waals surface area contributed by atoms with Gasteiger partial charge in [-0.1, -0.05) is 32.0 Å². The standard InChI is InChI=1S/C30H42O6/c1-28-11-9-19(31)14-18(28)7-8-22-23(28)16-26(33)29(2)21(10-12-30(22,29)35)20-15-27(34)36-25(20)13-17-5-3-4-6-24(17)32/h3-6,18-23,25-26,31-33,35H,7-16H2,1-2H3/t18-,19+,20?,21-,22-,23+,25?,26-,28+,29+,30+/m1/s1. The Labute approximate surface area is 214 Å². The Kier molecular flexibility index (Phi) is 5.79. The van der Waals surface area contributed by atoms with Gasteiger partial charge in [0, 0.05) is 17.8 Å². The smallest absolute Gasteiger partial charge is 0.306 e. The van der Waals surface area contributed by atoms with Crippen molar-refractivity contribution in [3.8, 4) is 5.75 Å².